The molecular weight excluding hydrogens is 332 g/mol. The van der Waals surface area contributed by atoms with Crippen molar-refractivity contribution in [2.45, 2.75) is 38.0 Å². The van der Waals surface area contributed by atoms with Gasteiger partial charge in [-0.25, -0.2) is 4.99 Å². The van der Waals surface area contributed by atoms with Gasteiger partial charge in [0.25, 0.3) is 5.91 Å². The van der Waals surface area contributed by atoms with Gasteiger partial charge in [-0.15, -0.1) is 0 Å². The van der Waals surface area contributed by atoms with Crippen LogP contribution in [0.2, 0.25) is 0 Å². The zero-order valence-corrected chi connectivity index (χ0v) is 16.6. The molecule has 0 bridgehead atoms. The Morgan fingerprint density at radius 3 is 2.56 bits per heavy atom. The lowest BCUT2D eigenvalue weighted by Crippen LogP contribution is -2.43. The van der Waals surface area contributed by atoms with Crippen LogP contribution in [0.25, 0.3) is 0 Å². The van der Waals surface area contributed by atoms with E-state index in [9.17, 15) is 4.79 Å². The molecule has 25 heavy (non-hydrogen) atoms. The minimum Gasteiger partial charge on any atom is -0.357 e. The van der Waals surface area contributed by atoms with Crippen molar-refractivity contribution in [2.75, 3.05) is 32.9 Å². The minimum atomic E-state index is 0.0207. The Morgan fingerprint density at radius 1 is 1.28 bits per heavy atom. The molecule has 1 atom stereocenters. The second-order valence-electron chi connectivity index (χ2n) is 6.85. The third-order valence-corrected chi connectivity index (χ3v) is 5.84. The van der Waals surface area contributed by atoms with E-state index in [-0.39, 0.29) is 5.91 Å². The molecule has 1 saturated heterocycles. The van der Waals surface area contributed by atoms with Gasteiger partial charge in [0.15, 0.2) is 5.96 Å². The van der Waals surface area contributed by atoms with E-state index >= 15 is 0 Å². The van der Waals surface area contributed by atoms with Crippen molar-refractivity contribution in [1.29, 1.82) is 0 Å². The maximum Gasteiger partial charge on any atom is 0.253 e. The lowest BCUT2D eigenvalue weighted by Gasteiger charge is -2.24. The van der Waals surface area contributed by atoms with Crippen LogP contribution >= 0.6 is 11.8 Å². The van der Waals surface area contributed by atoms with Gasteiger partial charge in [-0.1, -0.05) is 12.1 Å². The third kappa shape index (κ3) is 5.96. The predicted molar refractivity (Wildman–Crippen MR) is 107 cm³/mol. The number of carbonyl (C=O) groups excluding carboxylic acids is 1. The van der Waals surface area contributed by atoms with Gasteiger partial charge in [-0.05, 0) is 50.1 Å². The molecule has 1 aliphatic heterocycles. The Balaban J connectivity index is 1.94. The van der Waals surface area contributed by atoms with Crippen LogP contribution in [-0.2, 0) is 6.54 Å². The maximum absolute atomic E-state index is 11.9. The Morgan fingerprint density at radius 2 is 2.00 bits per heavy atom. The first kappa shape index (κ1) is 19.6. The van der Waals surface area contributed by atoms with E-state index in [0.29, 0.717) is 16.9 Å². The molecule has 1 fully saturated rings. The summed E-state index contributed by atoms with van der Waals surface area (Å²) >= 11 is 2.04. The SMILES string of the molecule is CCNC(=NCc1ccc(C(=O)N(C)C)cc1)NCC1(C)CCCS1. The van der Waals surface area contributed by atoms with Gasteiger partial charge in [0.05, 0.1) is 6.54 Å². The Hall–Kier alpha value is -1.69. The summed E-state index contributed by atoms with van der Waals surface area (Å²) in [4.78, 5) is 18.2. The highest BCUT2D eigenvalue weighted by Crippen LogP contribution is 2.36. The highest BCUT2D eigenvalue weighted by atomic mass is 32.2. The number of aliphatic imine (C=N–C) groups is 1. The average molecular weight is 363 g/mol. The maximum atomic E-state index is 11.9. The van der Waals surface area contributed by atoms with E-state index in [1.54, 1.807) is 19.0 Å². The van der Waals surface area contributed by atoms with Crippen molar-refractivity contribution >= 4 is 23.6 Å². The fourth-order valence-electron chi connectivity index (χ4n) is 2.77. The topological polar surface area (TPSA) is 56.7 Å². The number of guanidine groups is 1. The monoisotopic (exact) mass is 362 g/mol. The van der Waals surface area contributed by atoms with E-state index in [1.807, 2.05) is 36.0 Å². The molecule has 0 radical (unpaired) electrons. The van der Waals surface area contributed by atoms with Crippen molar-refractivity contribution in [3.05, 3.63) is 35.4 Å². The Bertz CT molecular complexity index is 592. The molecule has 1 heterocycles. The second kappa shape index (κ2) is 9.13. The number of nitrogens with zero attached hydrogens (tertiary/aromatic N) is 2. The summed E-state index contributed by atoms with van der Waals surface area (Å²) in [7, 11) is 3.52. The minimum absolute atomic E-state index is 0.0207. The number of thioether (sulfide) groups is 1. The van der Waals surface area contributed by atoms with Gasteiger partial charge < -0.3 is 15.5 Å². The molecule has 2 N–H and O–H groups in total. The number of rotatable bonds is 6. The van der Waals surface area contributed by atoms with E-state index in [0.717, 1.165) is 24.6 Å². The molecule has 138 valence electrons. The number of benzene rings is 1. The fourth-order valence-corrected chi connectivity index (χ4v) is 4.01. The fraction of sp³-hybridized carbons (Fsp3) is 0.579. The van der Waals surface area contributed by atoms with Crippen LogP contribution < -0.4 is 10.6 Å². The first-order valence-corrected chi connectivity index (χ1v) is 9.89. The van der Waals surface area contributed by atoms with Crippen molar-refractivity contribution in [3.8, 4) is 0 Å². The van der Waals surface area contributed by atoms with Crippen molar-refractivity contribution < 1.29 is 4.79 Å². The van der Waals surface area contributed by atoms with Crippen molar-refractivity contribution in [1.82, 2.24) is 15.5 Å². The van der Waals surface area contributed by atoms with E-state index < -0.39 is 0 Å². The summed E-state index contributed by atoms with van der Waals surface area (Å²) in [6.45, 7) is 6.76. The van der Waals surface area contributed by atoms with Gasteiger partial charge in [-0.2, -0.15) is 11.8 Å². The lowest BCUT2D eigenvalue weighted by molar-refractivity contribution is 0.0827. The highest BCUT2D eigenvalue weighted by molar-refractivity contribution is 8.00. The third-order valence-electron chi connectivity index (χ3n) is 4.30. The van der Waals surface area contributed by atoms with Crippen LogP contribution in [0.4, 0.5) is 0 Å². The lowest BCUT2D eigenvalue weighted by atomic mass is 10.1. The molecule has 6 heteroatoms. The summed E-state index contributed by atoms with van der Waals surface area (Å²) in [5, 5.41) is 6.78. The molecule has 0 aromatic heterocycles. The van der Waals surface area contributed by atoms with Crippen LogP contribution in [0, 0.1) is 0 Å². The van der Waals surface area contributed by atoms with Gasteiger partial charge in [0, 0.05) is 37.5 Å². The zero-order valence-electron chi connectivity index (χ0n) is 15.8. The van der Waals surface area contributed by atoms with E-state index in [4.69, 9.17) is 0 Å². The van der Waals surface area contributed by atoms with Crippen LogP contribution in [0.1, 0.15) is 42.6 Å². The first-order chi connectivity index (χ1) is 11.9. The summed E-state index contributed by atoms with van der Waals surface area (Å²) in [6.07, 6.45) is 2.56. The summed E-state index contributed by atoms with van der Waals surface area (Å²) in [6, 6.07) is 7.67. The van der Waals surface area contributed by atoms with Crippen LogP contribution in [0.15, 0.2) is 29.3 Å². The number of nitrogens with one attached hydrogen (secondary N) is 2. The highest BCUT2D eigenvalue weighted by Gasteiger charge is 2.29. The van der Waals surface area contributed by atoms with Gasteiger partial charge in [0.1, 0.15) is 0 Å². The number of hydrogen-bond acceptors (Lipinski definition) is 3. The molecule has 2 rings (SSSR count). The number of carbonyl (C=O) groups is 1. The summed E-state index contributed by atoms with van der Waals surface area (Å²) in [5.74, 6) is 2.13. The number of hydrogen-bond donors (Lipinski definition) is 2. The molecule has 1 aromatic rings. The zero-order chi connectivity index (χ0) is 18.3. The van der Waals surface area contributed by atoms with Gasteiger partial charge in [-0.3, -0.25) is 4.79 Å². The molecule has 1 amide bonds. The smallest absolute Gasteiger partial charge is 0.253 e. The number of amides is 1. The predicted octanol–water partition coefficient (Wildman–Crippen LogP) is 2.73. The van der Waals surface area contributed by atoms with Crippen LogP contribution in [0.5, 0.6) is 0 Å². The molecule has 0 spiro atoms. The normalized spacial score (nSPS) is 20.4. The van der Waals surface area contributed by atoms with Gasteiger partial charge >= 0.3 is 0 Å². The van der Waals surface area contributed by atoms with Gasteiger partial charge in [0.2, 0.25) is 0 Å². The molecule has 0 aliphatic carbocycles. The van der Waals surface area contributed by atoms with Crippen LogP contribution in [0.3, 0.4) is 0 Å². The molecular formula is C19H30N4OS. The standard InChI is InChI=1S/C19H30N4OS/c1-5-20-18(22-14-19(2)11-6-12-25-19)21-13-15-7-9-16(10-8-15)17(24)23(3)4/h7-10H,5-6,11-14H2,1-4H3,(H2,20,21,22). The summed E-state index contributed by atoms with van der Waals surface area (Å²) < 4.78 is 0.310. The molecule has 5 nitrogen and oxygen atoms in total. The molecule has 0 saturated carbocycles. The summed E-state index contributed by atoms with van der Waals surface area (Å²) in [5.41, 5.74) is 1.79. The molecule has 1 aromatic carbocycles. The molecule has 1 unspecified atom stereocenters. The largest absolute Gasteiger partial charge is 0.357 e. The van der Waals surface area contributed by atoms with Crippen LogP contribution in [-0.4, -0.2) is 54.5 Å². The quantitative estimate of drug-likeness (QED) is 0.603. The van der Waals surface area contributed by atoms with E-state index in [2.05, 4.69) is 29.5 Å². The van der Waals surface area contributed by atoms with Crippen molar-refractivity contribution in [3.63, 3.8) is 0 Å². The second-order valence-corrected chi connectivity index (χ2v) is 8.53. The van der Waals surface area contributed by atoms with Crippen molar-refractivity contribution in [2.24, 2.45) is 4.99 Å². The Kier molecular flexibility index (Phi) is 7.17. The van der Waals surface area contributed by atoms with E-state index in [1.165, 1.54) is 18.6 Å². The first-order valence-electron chi connectivity index (χ1n) is 8.90. The molecule has 1 aliphatic rings. The average Bonchev–Trinajstić information content (AvgIpc) is 3.04. The Labute approximate surface area is 155 Å².